The smallest absolute Gasteiger partial charge is 0.356 e. The van der Waals surface area contributed by atoms with E-state index in [1.165, 1.54) is 7.11 Å². The zero-order valence-corrected chi connectivity index (χ0v) is 12.3. The fourth-order valence-electron chi connectivity index (χ4n) is 3.26. The van der Waals surface area contributed by atoms with Gasteiger partial charge in [0.05, 0.1) is 18.3 Å². The Morgan fingerprint density at radius 2 is 2.18 bits per heavy atom. The van der Waals surface area contributed by atoms with Gasteiger partial charge in [0, 0.05) is 28.8 Å². The molecule has 112 valence electrons. The Morgan fingerprint density at radius 3 is 2.95 bits per heavy atom. The molecular weight excluding hydrogens is 278 g/mol. The SMILES string of the molecule is COC(=O)c1cc2c([nH]c3ccccc32)c(C2CCNC2)n1. The highest BCUT2D eigenvalue weighted by Gasteiger charge is 2.24. The topological polar surface area (TPSA) is 67.0 Å². The standard InChI is InChI=1S/C17H17N3O2/c1-22-17(21)14-8-12-11-4-2-3-5-13(11)19-16(12)15(20-14)10-6-7-18-9-10/h2-5,8,10,18-19H,6-7,9H2,1H3. The molecule has 2 aromatic heterocycles. The van der Waals surface area contributed by atoms with E-state index in [4.69, 9.17) is 4.74 Å². The second-order valence-electron chi connectivity index (χ2n) is 5.67. The molecule has 1 unspecified atom stereocenters. The number of nitrogens with one attached hydrogen (secondary N) is 2. The van der Waals surface area contributed by atoms with Crippen LogP contribution in [0.5, 0.6) is 0 Å². The number of hydrogen-bond donors (Lipinski definition) is 2. The van der Waals surface area contributed by atoms with Crippen molar-refractivity contribution in [1.29, 1.82) is 0 Å². The summed E-state index contributed by atoms with van der Waals surface area (Å²) in [6.07, 6.45) is 1.03. The van der Waals surface area contributed by atoms with Crippen LogP contribution in [-0.4, -0.2) is 36.1 Å². The molecule has 1 aliphatic rings. The minimum atomic E-state index is -0.389. The largest absolute Gasteiger partial charge is 0.464 e. The van der Waals surface area contributed by atoms with Gasteiger partial charge < -0.3 is 15.0 Å². The number of ether oxygens (including phenoxy) is 1. The Morgan fingerprint density at radius 1 is 1.32 bits per heavy atom. The monoisotopic (exact) mass is 295 g/mol. The maximum Gasteiger partial charge on any atom is 0.356 e. The van der Waals surface area contributed by atoms with E-state index in [1.807, 2.05) is 24.3 Å². The van der Waals surface area contributed by atoms with Gasteiger partial charge in [0.2, 0.25) is 0 Å². The number of hydrogen-bond acceptors (Lipinski definition) is 4. The van der Waals surface area contributed by atoms with Crippen molar-refractivity contribution < 1.29 is 9.53 Å². The molecule has 4 rings (SSSR count). The minimum Gasteiger partial charge on any atom is -0.464 e. The van der Waals surface area contributed by atoms with Gasteiger partial charge in [0.15, 0.2) is 0 Å². The van der Waals surface area contributed by atoms with Crippen LogP contribution < -0.4 is 5.32 Å². The maximum atomic E-state index is 12.0. The van der Waals surface area contributed by atoms with E-state index in [9.17, 15) is 4.79 Å². The number of rotatable bonds is 2. The zero-order valence-electron chi connectivity index (χ0n) is 12.3. The van der Waals surface area contributed by atoms with Crippen LogP contribution in [-0.2, 0) is 4.74 Å². The molecule has 0 radical (unpaired) electrons. The normalized spacial score (nSPS) is 18.1. The first-order valence-corrected chi connectivity index (χ1v) is 7.48. The van der Waals surface area contributed by atoms with E-state index in [0.717, 1.165) is 47.0 Å². The maximum absolute atomic E-state index is 12.0. The number of esters is 1. The van der Waals surface area contributed by atoms with Gasteiger partial charge in [-0.2, -0.15) is 0 Å². The highest BCUT2D eigenvalue weighted by molar-refractivity contribution is 6.09. The fourth-order valence-corrected chi connectivity index (χ4v) is 3.26. The van der Waals surface area contributed by atoms with Gasteiger partial charge in [-0.3, -0.25) is 0 Å². The third kappa shape index (κ3) is 1.97. The zero-order chi connectivity index (χ0) is 15.1. The highest BCUT2D eigenvalue weighted by Crippen LogP contribution is 2.33. The molecule has 0 saturated carbocycles. The van der Waals surface area contributed by atoms with Crippen molar-refractivity contribution in [2.45, 2.75) is 12.3 Å². The van der Waals surface area contributed by atoms with E-state index in [2.05, 4.69) is 21.4 Å². The van der Waals surface area contributed by atoms with E-state index < -0.39 is 0 Å². The van der Waals surface area contributed by atoms with Crippen molar-refractivity contribution in [3.05, 3.63) is 41.7 Å². The van der Waals surface area contributed by atoms with Crippen molar-refractivity contribution in [3.8, 4) is 0 Å². The molecule has 3 aromatic rings. The van der Waals surface area contributed by atoms with Gasteiger partial charge in [-0.25, -0.2) is 9.78 Å². The first-order chi connectivity index (χ1) is 10.8. The molecule has 0 spiro atoms. The molecule has 2 N–H and O–H groups in total. The van der Waals surface area contributed by atoms with E-state index >= 15 is 0 Å². The predicted octanol–water partition coefficient (Wildman–Crippen LogP) is 2.58. The molecule has 1 atom stereocenters. The number of fused-ring (bicyclic) bond motifs is 3. The summed E-state index contributed by atoms with van der Waals surface area (Å²) in [5.74, 6) is -0.0699. The van der Waals surface area contributed by atoms with Crippen LogP contribution in [0.15, 0.2) is 30.3 Å². The Bertz CT molecular complexity index is 863. The Kier molecular flexibility index (Phi) is 3.08. The number of nitrogens with zero attached hydrogens (tertiary/aromatic N) is 1. The predicted molar refractivity (Wildman–Crippen MR) is 85.2 cm³/mol. The summed E-state index contributed by atoms with van der Waals surface area (Å²) in [5.41, 5.74) is 3.43. The molecule has 5 nitrogen and oxygen atoms in total. The fraction of sp³-hybridized carbons (Fsp3) is 0.294. The van der Waals surface area contributed by atoms with Gasteiger partial charge in [0.25, 0.3) is 0 Å². The van der Waals surface area contributed by atoms with E-state index in [1.54, 1.807) is 0 Å². The summed E-state index contributed by atoms with van der Waals surface area (Å²) in [7, 11) is 1.39. The molecule has 1 aliphatic heterocycles. The third-order valence-electron chi connectivity index (χ3n) is 4.37. The summed E-state index contributed by atoms with van der Waals surface area (Å²) < 4.78 is 4.86. The van der Waals surface area contributed by atoms with Crippen LogP contribution >= 0.6 is 0 Å². The second-order valence-corrected chi connectivity index (χ2v) is 5.67. The van der Waals surface area contributed by atoms with Crippen molar-refractivity contribution in [2.24, 2.45) is 0 Å². The summed E-state index contributed by atoms with van der Waals surface area (Å²) in [4.78, 5) is 20.0. The number of carbonyl (C=O) groups excluding carboxylic acids is 1. The lowest BCUT2D eigenvalue weighted by molar-refractivity contribution is 0.0594. The number of aromatic nitrogens is 2. The summed E-state index contributed by atoms with van der Waals surface area (Å²) in [6, 6.07) is 9.94. The van der Waals surface area contributed by atoms with Crippen molar-refractivity contribution in [1.82, 2.24) is 15.3 Å². The number of aromatic amines is 1. The molecule has 22 heavy (non-hydrogen) atoms. The van der Waals surface area contributed by atoms with E-state index in [0.29, 0.717) is 11.6 Å². The lowest BCUT2D eigenvalue weighted by atomic mass is 10.0. The van der Waals surface area contributed by atoms with Gasteiger partial charge in [-0.05, 0) is 25.1 Å². The Labute approximate surface area is 127 Å². The van der Waals surface area contributed by atoms with Crippen LogP contribution in [0.1, 0.15) is 28.5 Å². The number of benzene rings is 1. The van der Waals surface area contributed by atoms with Gasteiger partial charge in [-0.15, -0.1) is 0 Å². The molecule has 0 amide bonds. The van der Waals surface area contributed by atoms with Crippen LogP contribution in [0.2, 0.25) is 0 Å². The van der Waals surface area contributed by atoms with Crippen molar-refractivity contribution in [2.75, 3.05) is 20.2 Å². The second kappa shape index (κ2) is 5.10. The van der Waals surface area contributed by atoms with Crippen molar-refractivity contribution in [3.63, 3.8) is 0 Å². The van der Waals surface area contributed by atoms with Crippen LogP contribution in [0.4, 0.5) is 0 Å². The van der Waals surface area contributed by atoms with Gasteiger partial charge in [0.1, 0.15) is 5.69 Å². The number of carbonyl (C=O) groups is 1. The van der Waals surface area contributed by atoms with Crippen LogP contribution in [0, 0.1) is 0 Å². The molecule has 0 bridgehead atoms. The summed E-state index contributed by atoms with van der Waals surface area (Å²) >= 11 is 0. The molecule has 3 heterocycles. The van der Waals surface area contributed by atoms with Crippen LogP contribution in [0.25, 0.3) is 21.8 Å². The average Bonchev–Trinajstić information content (AvgIpc) is 3.20. The van der Waals surface area contributed by atoms with Crippen LogP contribution in [0.3, 0.4) is 0 Å². The van der Waals surface area contributed by atoms with Gasteiger partial charge in [-0.1, -0.05) is 18.2 Å². The van der Waals surface area contributed by atoms with Crippen molar-refractivity contribution >= 4 is 27.8 Å². The Balaban J connectivity index is 2.03. The van der Waals surface area contributed by atoms with Gasteiger partial charge >= 0.3 is 5.97 Å². The molecule has 1 fully saturated rings. The summed E-state index contributed by atoms with van der Waals surface area (Å²) in [5, 5.41) is 5.51. The lowest BCUT2D eigenvalue weighted by Gasteiger charge is -2.11. The molecule has 5 heteroatoms. The van der Waals surface area contributed by atoms with E-state index in [-0.39, 0.29) is 5.97 Å². The number of H-pyrrole nitrogens is 1. The number of pyridine rings is 1. The molecule has 1 saturated heterocycles. The first-order valence-electron chi connectivity index (χ1n) is 7.48. The quantitative estimate of drug-likeness (QED) is 0.713. The first kappa shape index (κ1) is 13.3. The highest BCUT2D eigenvalue weighted by atomic mass is 16.5. The molecule has 0 aliphatic carbocycles. The minimum absolute atomic E-state index is 0.320. The number of para-hydroxylation sites is 1. The average molecular weight is 295 g/mol. The molecular formula is C17H17N3O2. The Hall–Kier alpha value is -2.40. The lowest BCUT2D eigenvalue weighted by Crippen LogP contribution is -2.12. The molecule has 1 aromatic carbocycles. The number of methoxy groups -OCH3 is 1. The third-order valence-corrected chi connectivity index (χ3v) is 4.37. The summed E-state index contributed by atoms with van der Waals surface area (Å²) in [6.45, 7) is 1.87.